The van der Waals surface area contributed by atoms with Gasteiger partial charge >= 0.3 is 0 Å². The predicted molar refractivity (Wildman–Crippen MR) is 119 cm³/mol. The molecule has 1 unspecified atom stereocenters. The van der Waals surface area contributed by atoms with Crippen LogP contribution in [0.1, 0.15) is 40.8 Å². The van der Waals surface area contributed by atoms with Crippen molar-refractivity contribution in [2.45, 2.75) is 33.2 Å². The normalized spacial score (nSPS) is 18.5. The maximum atomic E-state index is 13.1. The van der Waals surface area contributed by atoms with Crippen molar-refractivity contribution >= 4 is 17.4 Å². The van der Waals surface area contributed by atoms with Gasteiger partial charge in [0.2, 0.25) is 0 Å². The van der Waals surface area contributed by atoms with E-state index in [-0.39, 0.29) is 11.3 Å². The topological polar surface area (TPSA) is 60.9 Å². The van der Waals surface area contributed by atoms with E-state index in [2.05, 4.69) is 6.92 Å². The van der Waals surface area contributed by atoms with Gasteiger partial charge in [-0.3, -0.25) is 9.59 Å². The quantitative estimate of drug-likeness (QED) is 0.450. The number of carbonyl (C=O) groups is 2. The second-order valence-electron chi connectivity index (χ2n) is 8.21. The van der Waals surface area contributed by atoms with Crippen molar-refractivity contribution in [1.82, 2.24) is 9.80 Å². The Morgan fingerprint density at radius 3 is 2.33 bits per heavy atom. The molecule has 2 aromatic rings. The molecule has 0 aromatic heterocycles. The minimum Gasteiger partial charge on any atom is -0.507 e. The molecule has 1 aliphatic rings. The Morgan fingerprint density at radius 1 is 1.07 bits per heavy atom. The third kappa shape index (κ3) is 4.17. The number of amides is 1. The van der Waals surface area contributed by atoms with Crippen molar-refractivity contribution in [3.05, 3.63) is 75.9 Å². The van der Waals surface area contributed by atoms with E-state index >= 15 is 0 Å². The van der Waals surface area contributed by atoms with Gasteiger partial charge in [-0.1, -0.05) is 48.9 Å². The number of aliphatic hydroxyl groups is 1. The number of rotatable bonds is 6. The Labute approximate surface area is 178 Å². The highest BCUT2D eigenvalue weighted by Crippen LogP contribution is 2.39. The number of aliphatic hydroxyl groups excluding tert-OH is 1. The molecule has 1 heterocycles. The second kappa shape index (κ2) is 8.84. The molecule has 5 nitrogen and oxygen atoms in total. The van der Waals surface area contributed by atoms with Gasteiger partial charge in [-0.25, -0.2) is 0 Å². The number of carbonyl (C=O) groups excluding carboxylic acids is 2. The lowest BCUT2D eigenvalue weighted by molar-refractivity contribution is -0.140. The Balaban J connectivity index is 2.18. The highest BCUT2D eigenvalue weighted by Gasteiger charge is 2.46. The van der Waals surface area contributed by atoms with E-state index in [0.29, 0.717) is 18.7 Å². The number of hydrogen-bond donors (Lipinski definition) is 1. The number of hydrogen-bond acceptors (Lipinski definition) is 4. The molecule has 30 heavy (non-hydrogen) atoms. The van der Waals surface area contributed by atoms with Crippen LogP contribution >= 0.6 is 0 Å². The van der Waals surface area contributed by atoms with Gasteiger partial charge in [0.1, 0.15) is 5.76 Å². The molecule has 1 aliphatic heterocycles. The first-order chi connectivity index (χ1) is 14.2. The minimum atomic E-state index is -0.628. The fourth-order valence-electron chi connectivity index (χ4n) is 3.84. The van der Waals surface area contributed by atoms with Crippen molar-refractivity contribution in [3.63, 3.8) is 0 Å². The first kappa shape index (κ1) is 21.8. The van der Waals surface area contributed by atoms with Crippen molar-refractivity contribution in [2.24, 2.45) is 0 Å². The summed E-state index contributed by atoms with van der Waals surface area (Å²) in [7, 11) is 3.86. The van der Waals surface area contributed by atoms with Crippen LogP contribution in [-0.2, 0) is 16.0 Å². The largest absolute Gasteiger partial charge is 0.507 e. The van der Waals surface area contributed by atoms with Crippen molar-refractivity contribution < 1.29 is 14.7 Å². The van der Waals surface area contributed by atoms with Gasteiger partial charge in [-0.15, -0.1) is 0 Å². The monoisotopic (exact) mass is 406 g/mol. The summed E-state index contributed by atoms with van der Waals surface area (Å²) >= 11 is 0. The summed E-state index contributed by atoms with van der Waals surface area (Å²) in [6.45, 7) is 6.94. The average Bonchev–Trinajstić information content (AvgIpc) is 2.98. The predicted octanol–water partition coefficient (Wildman–Crippen LogP) is 3.85. The Hall–Kier alpha value is -2.92. The first-order valence-electron chi connectivity index (χ1n) is 10.3. The second-order valence-corrected chi connectivity index (χ2v) is 8.21. The smallest absolute Gasteiger partial charge is 0.295 e. The third-order valence-corrected chi connectivity index (χ3v) is 5.68. The highest BCUT2D eigenvalue weighted by atomic mass is 16.3. The summed E-state index contributed by atoms with van der Waals surface area (Å²) in [5.41, 5.74) is 4.61. The fourth-order valence-corrected chi connectivity index (χ4v) is 3.84. The number of aryl methyl sites for hydroxylation is 3. The zero-order valence-corrected chi connectivity index (χ0v) is 18.4. The Morgan fingerprint density at radius 2 is 1.73 bits per heavy atom. The van der Waals surface area contributed by atoms with Crippen molar-refractivity contribution in [2.75, 3.05) is 27.2 Å². The summed E-state index contributed by atoms with van der Waals surface area (Å²) in [5.74, 6) is -1.29. The van der Waals surface area contributed by atoms with Crippen LogP contribution in [0.25, 0.3) is 5.76 Å². The van der Waals surface area contributed by atoms with Gasteiger partial charge in [0, 0.05) is 18.7 Å². The highest BCUT2D eigenvalue weighted by molar-refractivity contribution is 6.46. The number of ketones is 1. The molecule has 158 valence electrons. The molecule has 0 saturated carbocycles. The number of benzene rings is 2. The fraction of sp³-hybridized carbons (Fsp3) is 0.360. The average molecular weight is 407 g/mol. The van der Waals surface area contributed by atoms with Crippen LogP contribution in [0.15, 0.2) is 48.0 Å². The molecule has 0 bridgehead atoms. The van der Waals surface area contributed by atoms with Crippen molar-refractivity contribution in [1.29, 1.82) is 0 Å². The van der Waals surface area contributed by atoms with Crippen LogP contribution in [0, 0.1) is 13.8 Å². The SMILES string of the molecule is CCc1ccc(C2/C(=C(\O)c3cc(C)ccc3C)C(=O)C(=O)N2CCN(C)C)cc1. The summed E-state index contributed by atoms with van der Waals surface area (Å²) in [5, 5.41) is 11.2. The van der Waals surface area contributed by atoms with Gasteiger partial charge in [0.05, 0.1) is 11.6 Å². The summed E-state index contributed by atoms with van der Waals surface area (Å²) in [6, 6.07) is 13.1. The van der Waals surface area contributed by atoms with E-state index in [4.69, 9.17) is 0 Å². The third-order valence-electron chi connectivity index (χ3n) is 5.68. The molecule has 1 atom stereocenters. The van der Waals surface area contributed by atoms with Crippen LogP contribution in [0.2, 0.25) is 0 Å². The lowest BCUT2D eigenvalue weighted by Gasteiger charge is -2.27. The molecule has 5 heteroatoms. The van der Waals surface area contributed by atoms with E-state index < -0.39 is 17.7 Å². The lowest BCUT2D eigenvalue weighted by atomic mass is 9.92. The van der Waals surface area contributed by atoms with Crippen LogP contribution in [-0.4, -0.2) is 53.8 Å². The maximum absolute atomic E-state index is 13.1. The zero-order chi connectivity index (χ0) is 22.0. The minimum absolute atomic E-state index is 0.105. The molecule has 0 spiro atoms. The maximum Gasteiger partial charge on any atom is 0.295 e. The summed E-state index contributed by atoms with van der Waals surface area (Å²) in [6.07, 6.45) is 0.906. The van der Waals surface area contributed by atoms with Gasteiger partial charge in [-0.05, 0) is 57.1 Å². The number of likely N-dealkylation sites (N-methyl/N-ethyl adjacent to an activating group) is 1. The van der Waals surface area contributed by atoms with E-state index in [1.807, 2.05) is 75.3 Å². The van der Waals surface area contributed by atoms with Crippen LogP contribution in [0.5, 0.6) is 0 Å². The number of Topliss-reactive ketones (excluding diaryl/α,β-unsaturated/α-hetero) is 1. The molecule has 3 rings (SSSR count). The van der Waals surface area contributed by atoms with Gasteiger partial charge < -0.3 is 14.9 Å². The van der Waals surface area contributed by atoms with E-state index in [1.165, 1.54) is 5.56 Å². The summed E-state index contributed by atoms with van der Waals surface area (Å²) in [4.78, 5) is 29.5. The van der Waals surface area contributed by atoms with Gasteiger partial charge in [0.15, 0.2) is 0 Å². The lowest BCUT2D eigenvalue weighted by Crippen LogP contribution is -2.35. The van der Waals surface area contributed by atoms with E-state index in [9.17, 15) is 14.7 Å². The van der Waals surface area contributed by atoms with Crippen molar-refractivity contribution in [3.8, 4) is 0 Å². The molecule has 1 saturated heterocycles. The Bertz CT molecular complexity index is 990. The van der Waals surface area contributed by atoms with Gasteiger partial charge in [-0.2, -0.15) is 0 Å². The molecule has 1 amide bonds. The van der Waals surface area contributed by atoms with Gasteiger partial charge in [0.25, 0.3) is 11.7 Å². The standard InChI is InChI=1S/C25H30N2O3/c1-6-18-9-11-19(12-10-18)22-21(23(28)20-15-16(2)7-8-17(20)3)24(29)25(30)27(22)14-13-26(4)5/h7-12,15,22,28H,6,13-14H2,1-5H3/b23-21+. The van der Waals surface area contributed by atoms with Crippen LogP contribution < -0.4 is 0 Å². The molecular formula is C25H30N2O3. The van der Waals surface area contributed by atoms with Crippen LogP contribution in [0.4, 0.5) is 0 Å². The molecule has 1 N–H and O–H groups in total. The Kier molecular flexibility index (Phi) is 6.42. The van der Waals surface area contributed by atoms with E-state index in [0.717, 1.165) is 23.1 Å². The summed E-state index contributed by atoms with van der Waals surface area (Å²) < 4.78 is 0. The zero-order valence-electron chi connectivity index (χ0n) is 18.4. The molecule has 0 aliphatic carbocycles. The number of likely N-dealkylation sites (tertiary alicyclic amines) is 1. The molecule has 2 aromatic carbocycles. The number of nitrogens with zero attached hydrogens (tertiary/aromatic N) is 2. The molecule has 1 fully saturated rings. The van der Waals surface area contributed by atoms with E-state index in [1.54, 1.807) is 4.90 Å². The van der Waals surface area contributed by atoms with Crippen LogP contribution in [0.3, 0.4) is 0 Å². The molecule has 0 radical (unpaired) electrons. The first-order valence-corrected chi connectivity index (χ1v) is 10.3. The molecular weight excluding hydrogens is 376 g/mol.